The van der Waals surface area contributed by atoms with Crippen molar-refractivity contribution in [2.45, 2.75) is 12.6 Å². The monoisotopic (exact) mass is 366 g/mol. The van der Waals surface area contributed by atoms with Crippen molar-refractivity contribution in [1.29, 1.82) is 0 Å². The fraction of sp³-hybridized carbons (Fsp3) is 0.318. The average molecular weight is 366 g/mol. The highest BCUT2D eigenvalue weighted by Gasteiger charge is 2.20. The van der Waals surface area contributed by atoms with Crippen LogP contribution in [-0.2, 0) is 16.1 Å². The molecule has 3 rings (SSSR count). The van der Waals surface area contributed by atoms with E-state index in [0.717, 1.165) is 30.9 Å². The summed E-state index contributed by atoms with van der Waals surface area (Å²) in [6.07, 6.45) is 3.30. The van der Waals surface area contributed by atoms with E-state index in [-0.39, 0.29) is 12.0 Å². The maximum Gasteiger partial charge on any atom is 0.244 e. The molecule has 1 heterocycles. The number of methoxy groups -OCH3 is 1. The minimum atomic E-state index is -0.135. The van der Waals surface area contributed by atoms with Gasteiger partial charge in [-0.05, 0) is 17.7 Å². The van der Waals surface area contributed by atoms with Crippen molar-refractivity contribution in [1.82, 2.24) is 10.2 Å². The third kappa shape index (κ3) is 5.94. The van der Waals surface area contributed by atoms with Crippen molar-refractivity contribution in [3.05, 3.63) is 71.8 Å². The van der Waals surface area contributed by atoms with Crippen LogP contribution in [0.15, 0.2) is 60.7 Å². The van der Waals surface area contributed by atoms with E-state index < -0.39 is 0 Å². The van der Waals surface area contributed by atoms with Crippen LogP contribution in [0.1, 0.15) is 11.1 Å². The van der Waals surface area contributed by atoms with Crippen molar-refractivity contribution in [3.8, 4) is 5.75 Å². The van der Waals surface area contributed by atoms with Gasteiger partial charge in [-0.25, -0.2) is 0 Å². The van der Waals surface area contributed by atoms with Crippen LogP contribution in [0.2, 0.25) is 0 Å². The summed E-state index contributed by atoms with van der Waals surface area (Å²) in [5.74, 6) is 0.610. The fourth-order valence-electron chi connectivity index (χ4n) is 3.13. The number of nitrogens with zero attached hydrogens (tertiary/aromatic N) is 1. The number of amides is 1. The van der Waals surface area contributed by atoms with E-state index in [4.69, 9.17) is 9.47 Å². The van der Waals surface area contributed by atoms with E-state index in [1.54, 1.807) is 13.2 Å². The zero-order chi connectivity index (χ0) is 18.9. The third-order valence-electron chi connectivity index (χ3n) is 4.53. The Kier molecular flexibility index (Phi) is 7.02. The average Bonchev–Trinajstić information content (AvgIpc) is 2.72. The van der Waals surface area contributed by atoms with E-state index in [9.17, 15) is 4.79 Å². The first-order chi connectivity index (χ1) is 13.2. The van der Waals surface area contributed by atoms with Crippen molar-refractivity contribution in [2.24, 2.45) is 0 Å². The van der Waals surface area contributed by atoms with Crippen LogP contribution in [0.4, 0.5) is 0 Å². The molecule has 142 valence electrons. The Morgan fingerprint density at radius 3 is 2.81 bits per heavy atom. The fourth-order valence-corrected chi connectivity index (χ4v) is 3.13. The van der Waals surface area contributed by atoms with E-state index in [1.807, 2.05) is 30.3 Å². The number of nitrogens with one attached hydrogen (secondary N) is 1. The lowest BCUT2D eigenvalue weighted by molar-refractivity contribution is -0.117. The summed E-state index contributed by atoms with van der Waals surface area (Å²) >= 11 is 0. The molecular weight excluding hydrogens is 340 g/mol. The standard InChI is InChI=1S/C22H26N2O3/c1-26-21-10-6-5-9-19(21)11-12-22(25)23-15-20-17-24(13-14-27-20)16-18-7-3-2-4-8-18/h2-12,20H,13-17H2,1H3,(H,23,25)/b12-11+. The molecule has 0 saturated carbocycles. The van der Waals surface area contributed by atoms with Crippen molar-refractivity contribution >= 4 is 12.0 Å². The van der Waals surface area contributed by atoms with Gasteiger partial charge in [0.15, 0.2) is 0 Å². The predicted molar refractivity (Wildman–Crippen MR) is 106 cm³/mol. The topological polar surface area (TPSA) is 50.8 Å². The molecule has 0 spiro atoms. The first-order valence-electron chi connectivity index (χ1n) is 9.21. The smallest absolute Gasteiger partial charge is 0.244 e. The van der Waals surface area contributed by atoms with E-state index in [2.05, 4.69) is 34.5 Å². The first-order valence-corrected chi connectivity index (χ1v) is 9.21. The number of ether oxygens (including phenoxy) is 2. The van der Waals surface area contributed by atoms with Gasteiger partial charge in [0.05, 0.1) is 19.8 Å². The largest absolute Gasteiger partial charge is 0.496 e. The van der Waals surface area contributed by atoms with Gasteiger partial charge in [-0.15, -0.1) is 0 Å². The molecule has 1 aliphatic rings. The van der Waals surface area contributed by atoms with E-state index in [1.165, 1.54) is 11.6 Å². The Balaban J connectivity index is 1.46. The summed E-state index contributed by atoms with van der Waals surface area (Å²) in [5.41, 5.74) is 2.17. The second kappa shape index (κ2) is 9.90. The summed E-state index contributed by atoms with van der Waals surface area (Å²) in [7, 11) is 1.62. The van der Waals surface area contributed by atoms with Gasteiger partial charge in [-0.2, -0.15) is 0 Å². The van der Waals surface area contributed by atoms with Crippen LogP contribution >= 0.6 is 0 Å². The minimum Gasteiger partial charge on any atom is -0.496 e. The predicted octanol–water partition coefficient (Wildman–Crippen LogP) is 2.73. The first kappa shape index (κ1) is 19.1. The number of para-hydroxylation sites is 1. The van der Waals surface area contributed by atoms with Gasteiger partial charge in [-0.3, -0.25) is 9.69 Å². The summed E-state index contributed by atoms with van der Waals surface area (Å²) < 4.78 is 11.1. The summed E-state index contributed by atoms with van der Waals surface area (Å²) in [6, 6.07) is 18.0. The summed E-state index contributed by atoms with van der Waals surface area (Å²) in [5, 5.41) is 2.93. The Morgan fingerprint density at radius 2 is 2.00 bits per heavy atom. The van der Waals surface area contributed by atoms with Gasteiger partial charge < -0.3 is 14.8 Å². The lowest BCUT2D eigenvalue weighted by atomic mass is 10.2. The molecule has 0 radical (unpaired) electrons. The Labute approximate surface area is 160 Å². The van der Waals surface area contributed by atoms with Crippen LogP contribution in [0, 0.1) is 0 Å². The highest BCUT2D eigenvalue weighted by Crippen LogP contribution is 2.18. The Morgan fingerprint density at radius 1 is 1.22 bits per heavy atom. The van der Waals surface area contributed by atoms with E-state index in [0.29, 0.717) is 13.2 Å². The van der Waals surface area contributed by atoms with Gasteiger partial charge in [0, 0.05) is 37.8 Å². The van der Waals surface area contributed by atoms with Crippen molar-refractivity contribution in [2.75, 3.05) is 33.4 Å². The Bertz CT molecular complexity index is 761. The number of carbonyl (C=O) groups excluding carboxylic acids is 1. The molecule has 5 nitrogen and oxygen atoms in total. The molecule has 1 saturated heterocycles. The normalized spacial score (nSPS) is 17.7. The zero-order valence-corrected chi connectivity index (χ0v) is 15.6. The van der Waals surface area contributed by atoms with Crippen LogP contribution in [0.5, 0.6) is 5.75 Å². The second-order valence-electron chi connectivity index (χ2n) is 6.53. The summed E-state index contributed by atoms with van der Waals surface area (Å²) in [6.45, 7) is 3.81. The molecule has 0 bridgehead atoms. The number of rotatable bonds is 7. The number of hydrogen-bond donors (Lipinski definition) is 1. The van der Waals surface area contributed by atoms with Gasteiger partial charge in [0.2, 0.25) is 5.91 Å². The summed E-state index contributed by atoms with van der Waals surface area (Å²) in [4.78, 5) is 14.5. The number of hydrogen-bond acceptors (Lipinski definition) is 4. The second-order valence-corrected chi connectivity index (χ2v) is 6.53. The number of carbonyl (C=O) groups is 1. The molecule has 5 heteroatoms. The molecule has 1 aliphatic heterocycles. The highest BCUT2D eigenvalue weighted by atomic mass is 16.5. The molecule has 27 heavy (non-hydrogen) atoms. The lowest BCUT2D eigenvalue weighted by Gasteiger charge is -2.33. The zero-order valence-electron chi connectivity index (χ0n) is 15.6. The molecule has 1 fully saturated rings. The quantitative estimate of drug-likeness (QED) is 0.766. The molecule has 1 amide bonds. The third-order valence-corrected chi connectivity index (χ3v) is 4.53. The molecular formula is C22H26N2O3. The molecule has 1 unspecified atom stereocenters. The van der Waals surface area contributed by atoms with Crippen LogP contribution < -0.4 is 10.1 Å². The van der Waals surface area contributed by atoms with Crippen molar-refractivity contribution in [3.63, 3.8) is 0 Å². The van der Waals surface area contributed by atoms with Gasteiger partial charge in [0.25, 0.3) is 0 Å². The number of morpholine rings is 1. The molecule has 2 aromatic rings. The highest BCUT2D eigenvalue weighted by molar-refractivity contribution is 5.92. The maximum atomic E-state index is 12.1. The van der Waals surface area contributed by atoms with Gasteiger partial charge in [0.1, 0.15) is 5.75 Å². The molecule has 1 atom stereocenters. The minimum absolute atomic E-state index is 0.00562. The van der Waals surface area contributed by atoms with Crippen LogP contribution in [0.25, 0.3) is 6.08 Å². The molecule has 0 aromatic heterocycles. The van der Waals surface area contributed by atoms with Crippen molar-refractivity contribution < 1.29 is 14.3 Å². The Hall–Kier alpha value is -2.63. The maximum absolute atomic E-state index is 12.1. The van der Waals surface area contributed by atoms with E-state index >= 15 is 0 Å². The lowest BCUT2D eigenvalue weighted by Crippen LogP contribution is -2.46. The van der Waals surface area contributed by atoms with Gasteiger partial charge in [-0.1, -0.05) is 48.5 Å². The SMILES string of the molecule is COc1ccccc1/C=C/C(=O)NCC1CN(Cc2ccccc2)CCO1. The molecule has 0 aliphatic carbocycles. The van der Waals surface area contributed by atoms with Crippen LogP contribution in [-0.4, -0.2) is 50.3 Å². The molecule has 2 aromatic carbocycles. The molecule has 1 N–H and O–H groups in total. The number of benzene rings is 2. The van der Waals surface area contributed by atoms with Gasteiger partial charge >= 0.3 is 0 Å². The van der Waals surface area contributed by atoms with Crippen LogP contribution in [0.3, 0.4) is 0 Å².